The van der Waals surface area contributed by atoms with E-state index in [0.29, 0.717) is 24.2 Å². The van der Waals surface area contributed by atoms with Crippen molar-refractivity contribution in [3.63, 3.8) is 0 Å². The summed E-state index contributed by atoms with van der Waals surface area (Å²) in [6, 6.07) is 10.0. The van der Waals surface area contributed by atoms with Crippen molar-refractivity contribution in [2.75, 3.05) is 19.0 Å². The molecule has 0 atom stereocenters. The topological polar surface area (TPSA) is 76.1 Å². The van der Waals surface area contributed by atoms with E-state index in [-0.39, 0.29) is 5.91 Å². The maximum Gasteiger partial charge on any atom is 0.270 e. The summed E-state index contributed by atoms with van der Waals surface area (Å²) >= 11 is 0. The van der Waals surface area contributed by atoms with E-state index in [1.165, 1.54) is 19.3 Å². The van der Waals surface area contributed by atoms with Crippen molar-refractivity contribution in [1.29, 1.82) is 0 Å². The number of ether oxygens (including phenoxy) is 1. The Morgan fingerprint density at radius 2 is 1.89 bits per heavy atom. The third-order valence-electron chi connectivity index (χ3n) is 4.88. The van der Waals surface area contributed by atoms with Crippen LogP contribution in [0.5, 0.6) is 5.75 Å². The second kappa shape index (κ2) is 9.35. The minimum absolute atomic E-state index is 0.166. The van der Waals surface area contributed by atoms with E-state index in [0.717, 1.165) is 36.3 Å². The van der Waals surface area contributed by atoms with Gasteiger partial charge in [-0.1, -0.05) is 31.4 Å². The van der Waals surface area contributed by atoms with Crippen LogP contribution < -0.4 is 15.4 Å². The van der Waals surface area contributed by atoms with Crippen molar-refractivity contribution in [1.82, 2.24) is 15.3 Å². The standard InChI is InChI=1S/C21H28N4O2/c1-15-14-19(25-21(23-15)24-17-6-4-3-5-7-17)20(26)22-13-12-16-8-10-18(27-2)11-9-16/h8-11,14,17H,3-7,12-13H2,1-2H3,(H,22,26)(H,23,24,25). The Labute approximate surface area is 160 Å². The first-order valence-corrected chi connectivity index (χ1v) is 9.67. The second-order valence-electron chi connectivity index (χ2n) is 7.05. The van der Waals surface area contributed by atoms with Crippen LogP contribution in [0.3, 0.4) is 0 Å². The van der Waals surface area contributed by atoms with Crippen molar-refractivity contribution in [3.05, 3.63) is 47.3 Å². The molecular weight excluding hydrogens is 340 g/mol. The Morgan fingerprint density at radius 3 is 2.59 bits per heavy atom. The van der Waals surface area contributed by atoms with Gasteiger partial charge in [0.15, 0.2) is 0 Å². The largest absolute Gasteiger partial charge is 0.497 e. The molecule has 0 bridgehead atoms. The minimum atomic E-state index is -0.166. The van der Waals surface area contributed by atoms with Gasteiger partial charge < -0.3 is 15.4 Å². The summed E-state index contributed by atoms with van der Waals surface area (Å²) in [6.07, 6.45) is 6.81. The fourth-order valence-corrected chi connectivity index (χ4v) is 3.38. The quantitative estimate of drug-likeness (QED) is 0.782. The molecule has 6 heteroatoms. The highest BCUT2D eigenvalue weighted by atomic mass is 16.5. The highest BCUT2D eigenvalue weighted by Gasteiger charge is 2.16. The number of nitrogens with zero attached hydrogens (tertiary/aromatic N) is 2. The molecule has 1 saturated carbocycles. The van der Waals surface area contributed by atoms with Crippen molar-refractivity contribution in [2.45, 2.75) is 51.5 Å². The molecule has 0 saturated heterocycles. The molecule has 1 aliphatic carbocycles. The van der Waals surface area contributed by atoms with Gasteiger partial charge in [-0.3, -0.25) is 4.79 Å². The van der Waals surface area contributed by atoms with Gasteiger partial charge >= 0.3 is 0 Å². The molecule has 27 heavy (non-hydrogen) atoms. The third kappa shape index (κ3) is 5.67. The Kier molecular flexibility index (Phi) is 6.63. The molecule has 2 aromatic rings. The number of methoxy groups -OCH3 is 1. The lowest BCUT2D eigenvalue weighted by Crippen LogP contribution is -2.28. The van der Waals surface area contributed by atoms with E-state index in [9.17, 15) is 4.79 Å². The van der Waals surface area contributed by atoms with Crippen LogP contribution in [-0.4, -0.2) is 35.6 Å². The zero-order chi connectivity index (χ0) is 19.1. The zero-order valence-corrected chi connectivity index (χ0v) is 16.1. The summed E-state index contributed by atoms with van der Waals surface area (Å²) in [5.74, 6) is 1.22. The third-order valence-corrected chi connectivity index (χ3v) is 4.88. The summed E-state index contributed by atoms with van der Waals surface area (Å²) < 4.78 is 5.16. The van der Waals surface area contributed by atoms with E-state index >= 15 is 0 Å². The average molecular weight is 368 g/mol. The maximum absolute atomic E-state index is 12.5. The average Bonchev–Trinajstić information content (AvgIpc) is 2.69. The molecule has 0 aliphatic heterocycles. The summed E-state index contributed by atoms with van der Waals surface area (Å²) in [5, 5.41) is 6.34. The number of aryl methyl sites for hydroxylation is 1. The first-order valence-electron chi connectivity index (χ1n) is 9.67. The highest BCUT2D eigenvalue weighted by Crippen LogP contribution is 2.20. The van der Waals surface area contributed by atoms with Crippen molar-refractivity contribution in [3.8, 4) is 5.75 Å². The number of nitrogens with one attached hydrogen (secondary N) is 2. The number of carbonyl (C=O) groups is 1. The molecule has 2 N–H and O–H groups in total. The van der Waals surface area contributed by atoms with Crippen LogP contribution >= 0.6 is 0 Å². The van der Waals surface area contributed by atoms with Crippen LogP contribution in [-0.2, 0) is 6.42 Å². The van der Waals surface area contributed by atoms with Crippen LogP contribution in [0, 0.1) is 6.92 Å². The fraction of sp³-hybridized carbons (Fsp3) is 0.476. The lowest BCUT2D eigenvalue weighted by Gasteiger charge is -2.23. The van der Waals surface area contributed by atoms with Crippen molar-refractivity contribution >= 4 is 11.9 Å². The molecule has 0 spiro atoms. The Hall–Kier alpha value is -2.63. The molecule has 6 nitrogen and oxygen atoms in total. The number of aromatic nitrogens is 2. The van der Waals surface area contributed by atoms with Gasteiger partial charge in [0.05, 0.1) is 7.11 Å². The Morgan fingerprint density at radius 1 is 1.15 bits per heavy atom. The number of carbonyl (C=O) groups excluding carboxylic acids is 1. The summed E-state index contributed by atoms with van der Waals surface area (Å²) in [4.78, 5) is 21.3. The van der Waals surface area contributed by atoms with Crippen LogP contribution in [0.4, 0.5) is 5.95 Å². The lowest BCUT2D eigenvalue weighted by atomic mass is 9.96. The minimum Gasteiger partial charge on any atom is -0.497 e. The maximum atomic E-state index is 12.5. The monoisotopic (exact) mass is 368 g/mol. The molecule has 1 aromatic heterocycles. The Balaban J connectivity index is 1.55. The molecule has 1 aromatic carbocycles. The highest BCUT2D eigenvalue weighted by molar-refractivity contribution is 5.92. The predicted molar refractivity (Wildman–Crippen MR) is 106 cm³/mol. The number of hydrogen-bond donors (Lipinski definition) is 2. The van der Waals surface area contributed by atoms with E-state index < -0.39 is 0 Å². The summed E-state index contributed by atoms with van der Waals surface area (Å²) in [7, 11) is 1.65. The molecule has 1 heterocycles. The van der Waals surface area contributed by atoms with Gasteiger partial charge in [-0.05, 0) is 49.9 Å². The molecule has 0 radical (unpaired) electrons. The van der Waals surface area contributed by atoms with Crippen LogP contribution in [0.2, 0.25) is 0 Å². The zero-order valence-electron chi connectivity index (χ0n) is 16.1. The normalized spacial score (nSPS) is 14.6. The predicted octanol–water partition coefficient (Wildman–Crippen LogP) is 3.51. The van der Waals surface area contributed by atoms with Crippen LogP contribution in [0.1, 0.15) is 53.8 Å². The van der Waals surface area contributed by atoms with Gasteiger partial charge in [0.2, 0.25) is 5.95 Å². The first kappa shape index (κ1) is 19.1. The summed E-state index contributed by atoms with van der Waals surface area (Å²) in [6.45, 7) is 2.45. The fourth-order valence-electron chi connectivity index (χ4n) is 3.38. The van der Waals surface area contributed by atoms with Crippen LogP contribution in [0.25, 0.3) is 0 Å². The van der Waals surface area contributed by atoms with Crippen molar-refractivity contribution < 1.29 is 9.53 Å². The molecule has 1 amide bonds. The smallest absolute Gasteiger partial charge is 0.270 e. The molecule has 0 unspecified atom stereocenters. The lowest BCUT2D eigenvalue weighted by molar-refractivity contribution is 0.0949. The second-order valence-corrected chi connectivity index (χ2v) is 7.05. The van der Waals surface area contributed by atoms with E-state index in [2.05, 4.69) is 20.6 Å². The van der Waals surface area contributed by atoms with E-state index in [1.54, 1.807) is 13.2 Å². The van der Waals surface area contributed by atoms with E-state index in [1.807, 2.05) is 31.2 Å². The molecule has 1 aliphatic rings. The Bertz CT molecular complexity index is 755. The van der Waals surface area contributed by atoms with Gasteiger partial charge in [0.1, 0.15) is 11.4 Å². The van der Waals surface area contributed by atoms with Gasteiger partial charge in [-0.15, -0.1) is 0 Å². The SMILES string of the molecule is COc1ccc(CCNC(=O)c2cc(C)nc(NC3CCCCC3)n2)cc1. The first-order chi connectivity index (χ1) is 13.1. The molecule has 144 valence electrons. The van der Waals surface area contributed by atoms with Crippen molar-refractivity contribution in [2.24, 2.45) is 0 Å². The molecular formula is C21H28N4O2. The number of benzene rings is 1. The number of hydrogen-bond acceptors (Lipinski definition) is 5. The van der Waals surface area contributed by atoms with Gasteiger partial charge in [-0.2, -0.15) is 0 Å². The number of anilines is 1. The van der Waals surface area contributed by atoms with Gasteiger partial charge in [-0.25, -0.2) is 9.97 Å². The van der Waals surface area contributed by atoms with Gasteiger partial charge in [0, 0.05) is 18.3 Å². The number of amides is 1. The van der Waals surface area contributed by atoms with E-state index in [4.69, 9.17) is 4.74 Å². The molecule has 3 rings (SSSR count). The number of rotatable bonds is 7. The summed E-state index contributed by atoms with van der Waals surface area (Å²) in [5.41, 5.74) is 2.36. The molecule has 1 fully saturated rings. The van der Waals surface area contributed by atoms with Gasteiger partial charge in [0.25, 0.3) is 5.91 Å². The van der Waals surface area contributed by atoms with Crippen LogP contribution in [0.15, 0.2) is 30.3 Å².